The third-order valence-electron chi connectivity index (χ3n) is 2.25. The molecule has 2 rings (SSSR count). The molecule has 4 nitrogen and oxygen atoms in total. The molecule has 0 saturated carbocycles. The van der Waals surface area contributed by atoms with Crippen molar-refractivity contribution in [1.29, 1.82) is 0 Å². The van der Waals surface area contributed by atoms with E-state index >= 15 is 0 Å². The fourth-order valence-corrected chi connectivity index (χ4v) is 1.44. The SMILES string of the molecule is Cc1ccc(C(=O)O)nc1-c1cccnc1. The number of carboxylic acids is 1. The number of aryl methyl sites for hydroxylation is 1. The van der Waals surface area contributed by atoms with Crippen molar-refractivity contribution in [3.8, 4) is 11.3 Å². The van der Waals surface area contributed by atoms with Crippen molar-refractivity contribution in [2.75, 3.05) is 0 Å². The van der Waals surface area contributed by atoms with Gasteiger partial charge in [0.15, 0.2) is 0 Å². The summed E-state index contributed by atoms with van der Waals surface area (Å²) in [5, 5.41) is 8.87. The Morgan fingerprint density at radius 2 is 2.12 bits per heavy atom. The van der Waals surface area contributed by atoms with Crippen LogP contribution in [0.4, 0.5) is 0 Å². The lowest BCUT2D eigenvalue weighted by molar-refractivity contribution is 0.0690. The zero-order valence-corrected chi connectivity index (χ0v) is 8.71. The lowest BCUT2D eigenvalue weighted by Crippen LogP contribution is -2.02. The summed E-state index contributed by atoms with van der Waals surface area (Å²) in [6.07, 6.45) is 3.33. The molecule has 0 amide bonds. The van der Waals surface area contributed by atoms with Crippen LogP contribution in [0.5, 0.6) is 0 Å². The maximum absolute atomic E-state index is 10.8. The molecule has 2 aromatic rings. The smallest absolute Gasteiger partial charge is 0.354 e. The first kappa shape index (κ1) is 10.3. The number of pyridine rings is 2. The Kier molecular flexibility index (Phi) is 2.64. The molecule has 0 aliphatic heterocycles. The zero-order chi connectivity index (χ0) is 11.5. The summed E-state index contributed by atoms with van der Waals surface area (Å²) in [4.78, 5) is 18.9. The van der Waals surface area contributed by atoms with Crippen molar-refractivity contribution in [3.05, 3.63) is 47.9 Å². The second-order valence-electron chi connectivity index (χ2n) is 3.41. The Labute approximate surface area is 92.6 Å². The van der Waals surface area contributed by atoms with Gasteiger partial charge in [-0.1, -0.05) is 6.07 Å². The third-order valence-corrected chi connectivity index (χ3v) is 2.25. The first-order valence-electron chi connectivity index (χ1n) is 4.80. The van der Waals surface area contributed by atoms with E-state index in [4.69, 9.17) is 5.11 Å². The van der Waals surface area contributed by atoms with Crippen LogP contribution in [0.1, 0.15) is 16.1 Å². The van der Waals surface area contributed by atoms with E-state index < -0.39 is 5.97 Å². The Balaban J connectivity index is 2.56. The van der Waals surface area contributed by atoms with Crippen molar-refractivity contribution in [1.82, 2.24) is 9.97 Å². The molecule has 0 aromatic carbocycles. The Bertz CT molecular complexity index is 524. The number of aromatic carboxylic acids is 1. The predicted octanol–water partition coefficient (Wildman–Crippen LogP) is 2.15. The average Bonchev–Trinajstić information content (AvgIpc) is 2.30. The zero-order valence-electron chi connectivity index (χ0n) is 8.71. The molecule has 0 aliphatic rings. The predicted molar refractivity (Wildman–Crippen MR) is 59.2 cm³/mol. The van der Waals surface area contributed by atoms with E-state index in [2.05, 4.69) is 9.97 Å². The molecular formula is C12H10N2O2. The number of nitrogens with zero attached hydrogens (tertiary/aromatic N) is 2. The average molecular weight is 214 g/mol. The molecule has 16 heavy (non-hydrogen) atoms. The molecule has 4 heteroatoms. The van der Waals surface area contributed by atoms with Gasteiger partial charge in [0.2, 0.25) is 0 Å². The van der Waals surface area contributed by atoms with E-state index in [1.807, 2.05) is 13.0 Å². The Hall–Kier alpha value is -2.23. The number of aromatic nitrogens is 2. The van der Waals surface area contributed by atoms with Gasteiger partial charge in [-0.3, -0.25) is 4.98 Å². The molecular weight excluding hydrogens is 204 g/mol. The van der Waals surface area contributed by atoms with Crippen LogP contribution in [-0.4, -0.2) is 21.0 Å². The minimum atomic E-state index is -1.02. The lowest BCUT2D eigenvalue weighted by atomic mass is 10.1. The van der Waals surface area contributed by atoms with Crippen LogP contribution in [-0.2, 0) is 0 Å². The quantitative estimate of drug-likeness (QED) is 0.831. The van der Waals surface area contributed by atoms with Crippen LogP contribution in [0, 0.1) is 6.92 Å². The molecule has 0 unspecified atom stereocenters. The van der Waals surface area contributed by atoms with Crippen molar-refractivity contribution >= 4 is 5.97 Å². The summed E-state index contributed by atoms with van der Waals surface area (Å²) in [7, 11) is 0. The van der Waals surface area contributed by atoms with Gasteiger partial charge in [-0.15, -0.1) is 0 Å². The summed E-state index contributed by atoms with van der Waals surface area (Å²) in [6, 6.07) is 6.90. The van der Waals surface area contributed by atoms with Crippen LogP contribution in [0.15, 0.2) is 36.7 Å². The first-order valence-corrected chi connectivity index (χ1v) is 4.80. The van der Waals surface area contributed by atoms with Crippen LogP contribution >= 0.6 is 0 Å². The second kappa shape index (κ2) is 4.10. The van der Waals surface area contributed by atoms with Crippen molar-refractivity contribution in [3.63, 3.8) is 0 Å². The Morgan fingerprint density at radius 3 is 2.75 bits per heavy atom. The maximum Gasteiger partial charge on any atom is 0.354 e. The van der Waals surface area contributed by atoms with Gasteiger partial charge in [-0.2, -0.15) is 0 Å². The highest BCUT2D eigenvalue weighted by Crippen LogP contribution is 2.20. The third kappa shape index (κ3) is 1.91. The summed E-state index contributed by atoms with van der Waals surface area (Å²) in [6.45, 7) is 1.89. The summed E-state index contributed by atoms with van der Waals surface area (Å²) >= 11 is 0. The van der Waals surface area contributed by atoms with Gasteiger partial charge in [0.05, 0.1) is 5.69 Å². The monoisotopic (exact) mass is 214 g/mol. The van der Waals surface area contributed by atoms with Crippen LogP contribution in [0.25, 0.3) is 11.3 Å². The van der Waals surface area contributed by atoms with Gasteiger partial charge in [0.25, 0.3) is 0 Å². The molecule has 0 radical (unpaired) electrons. The van der Waals surface area contributed by atoms with E-state index in [1.165, 1.54) is 6.07 Å². The Morgan fingerprint density at radius 1 is 1.31 bits per heavy atom. The van der Waals surface area contributed by atoms with Gasteiger partial charge in [0, 0.05) is 18.0 Å². The van der Waals surface area contributed by atoms with Gasteiger partial charge in [-0.05, 0) is 30.7 Å². The number of carbonyl (C=O) groups is 1. The summed E-state index contributed by atoms with van der Waals surface area (Å²) < 4.78 is 0. The molecule has 0 atom stereocenters. The topological polar surface area (TPSA) is 63.1 Å². The van der Waals surface area contributed by atoms with E-state index in [1.54, 1.807) is 24.5 Å². The van der Waals surface area contributed by atoms with Gasteiger partial charge >= 0.3 is 5.97 Å². The number of hydrogen-bond donors (Lipinski definition) is 1. The normalized spacial score (nSPS) is 10.1. The molecule has 0 saturated heterocycles. The standard InChI is InChI=1S/C12H10N2O2/c1-8-4-5-10(12(15)16)14-11(8)9-3-2-6-13-7-9/h2-7H,1H3,(H,15,16). The maximum atomic E-state index is 10.8. The van der Waals surface area contributed by atoms with E-state index in [0.29, 0.717) is 5.69 Å². The van der Waals surface area contributed by atoms with Gasteiger partial charge in [-0.25, -0.2) is 9.78 Å². The minimum Gasteiger partial charge on any atom is -0.477 e. The van der Waals surface area contributed by atoms with Crippen LogP contribution in [0.2, 0.25) is 0 Å². The molecule has 0 aliphatic carbocycles. The largest absolute Gasteiger partial charge is 0.477 e. The molecule has 2 heterocycles. The molecule has 0 spiro atoms. The molecule has 0 fully saturated rings. The molecule has 0 bridgehead atoms. The first-order chi connectivity index (χ1) is 7.68. The van der Waals surface area contributed by atoms with Crippen LogP contribution < -0.4 is 0 Å². The van der Waals surface area contributed by atoms with Crippen molar-refractivity contribution in [2.45, 2.75) is 6.92 Å². The van der Waals surface area contributed by atoms with E-state index in [-0.39, 0.29) is 5.69 Å². The highest BCUT2D eigenvalue weighted by molar-refractivity contribution is 5.86. The molecule has 80 valence electrons. The number of rotatable bonds is 2. The van der Waals surface area contributed by atoms with E-state index in [0.717, 1.165) is 11.1 Å². The number of hydrogen-bond acceptors (Lipinski definition) is 3. The van der Waals surface area contributed by atoms with Crippen molar-refractivity contribution < 1.29 is 9.90 Å². The fraction of sp³-hybridized carbons (Fsp3) is 0.0833. The number of carboxylic acid groups (broad SMARTS) is 1. The van der Waals surface area contributed by atoms with Crippen molar-refractivity contribution in [2.24, 2.45) is 0 Å². The van der Waals surface area contributed by atoms with Gasteiger partial charge in [0.1, 0.15) is 5.69 Å². The van der Waals surface area contributed by atoms with E-state index in [9.17, 15) is 4.79 Å². The second-order valence-corrected chi connectivity index (χ2v) is 3.41. The van der Waals surface area contributed by atoms with Crippen LogP contribution in [0.3, 0.4) is 0 Å². The summed E-state index contributed by atoms with van der Waals surface area (Å²) in [5.41, 5.74) is 2.46. The summed E-state index contributed by atoms with van der Waals surface area (Å²) in [5.74, 6) is -1.02. The minimum absolute atomic E-state index is 0.0458. The molecule has 1 N–H and O–H groups in total. The lowest BCUT2D eigenvalue weighted by Gasteiger charge is -2.05. The highest BCUT2D eigenvalue weighted by Gasteiger charge is 2.09. The fourth-order valence-electron chi connectivity index (χ4n) is 1.44. The molecule has 2 aromatic heterocycles. The van der Waals surface area contributed by atoms with Gasteiger partial charge < -0.3 is 5.11 Å². The highest BCUT2D eigenvalue weighted by atomic mass is 16.4.